The van der Waals surface area contributed by atoms with E-state index in [1.165, 1.54) is 18.2 Å². The molecule has 0 unspecified atom stereocenters. The summed E-state index contributed by atoms with van der Waals surface area (Å²) in [5, 5.41) is 15.9. The van der Waals surface area contributed by atoms with Crippen LogP contribution in [-0.4, -0.2) is 47.4 Å². The smallest absolute Gasteiger partial charge is 0.410 e. The average Bonchev–Trinajstić information content (AvgIpc) is 2.79. The van der Waals surface area contributed by atoms with Crippen molar-refractivity contribution >= 4 is 29.3 Å². The highest BCUT2D eigenvalue weighted by atomic mass is 16.6. The Morgan fingerprint density at radius 1 is 1.09 bits per heavy atom. The lowest BCUT2D eigenvalue weighted by Gasteiger charge is -2.31. The van der Waals surface area contributed by atoms with Crippen LogP contribution in [-0.2, 0) is 9.59 Å². The number of benzene rings is 2. The molecule has 1 aliphatic rings. The topological polar surface area (TPSA) is 131 Å². The van der Waals surface area contributed by atoms with E-state index in [0.717, 1.165) is 0 Å². The molecule has 10 heteroatoms. The van der Waals surface area contributed by atoms with E-state index in [0.29, 0.717) is 49.5 Å². The van der Waals surface area contributed by atoms with Crippen molar-refractivity contribution in [3.8, 4) is 5.75 Å². The first-order chi connectivity index (χ1) is 15.3. The number of ether oxygens (including phenoxy) is 1. The molecule has 1 heterocycles. The monoisotopic (exact) mass is 440 g/mol. The molecule has 0 atom stereocenters. The minimum Gasteiger partial charge on any atom is -0.410 e. The summed E-state index contributed by atoms with van der Waals surface area (Å²) in [6.07, 6.45) is 0.942. The van der Waals surface area contributed by atoms with Crippen molar-refractivity contribution in [3.63, 3.8) is 0 Å². The van der Waals surface area contributed by atoms with Crippen molar-refractivity contribution in [3.05, 3.63) is 64.2 Å². The minimum absolute atomic E-state index is 0.0936. The molecular weight excluding hydrogens is 416 g/mol. The summed E-state index contributed by atoms with van der Waals surface area (Å²) in [4.78, 5) is 48.4. The maximum Gasteiger partial charge on any atom is 0.415 e. The Morgan fingerprint density at radius 3 is 2.41 bits per heavy atom. The van der Waals surface area contributed by atoms with Gasteiger partial charge in [0.1, 0.15) is 5.75 Å². The third-order valence-corrected chi connectivity index (χ3v) is 5.25. The maximum absolute atomic E-state index is 12.2. The fourth-order valence-electron chi connectivity index (χ4n) is 3.37. The van der Waals surface area contributed by atoms with Gasteiger partial charge in [-0.1, -0.05) is 18.2 Å². The number of nitro groups is 1. The zero-order valence-corrected chi connectivity index (χ0v) is 17.6. The van der Waals surface area contributed by atoms with Gasteiger partial charge in [-0.05, 0) is 49.4 Å². The quantitative estimate of drug-likeness (QED) is 0.418. The highest BCUT2D eigenvalue weighted by molar-refractivity contribution is 6.39. The summed E-state index contributed by atoms with van der Waals surface area (Å²) in [6.45, 7) is 2.92. The normalized spacial score (nSPS) is 13.8. The van der Waals surface area contributed by atoms with E-state index in [2.05, 4.69) is 10.6 Å². The molecule has 1 fully saturated rings. The van der Waals surface area contributed by atoms with E-state index in [1.54, 1.807) is 36.1 Å². The Labute approximate surface area is 184 Å². The predicted molar refractivity (Wildman–Crippen MR) is 116 cm³/mol. The molecule has 2 N–H and O–H groups in total. The van der Waals surface area contributed by atoms with Gasteiger partial charge in [-0.2, -0.15) is 0 Å². The number of carbonyl (C=O) groups is 3. The Hall–Kier alpha value is -3.95. The molecule has 3 rings (SSSR count). The minimum atomic E-state index is -0.842. The summed E-state index contributed by atoms with van der Waals surface area (Å²) < 4.78 is 5.33. The predicted octanol–water partition coefficient (Wildman–Crippen LogP) is 2.87. The molecule has 1 aliphatic heterocycles. The number of carbonyl (C=O) groups excluding carboxylic acids is 3. The van der Waals surface area contributed by atoms with E-state index in [4.69, 9.17) is 4.74 Å². The van der Waals surface area contributed by atoms with Gasteiger partial charge in [0.05, 0.1) is 4.92 Å². The Kier molecular flexibility index (Phi) is 7.37. The number of nitrogens with one attached hydrogen (secondary N) is 2. The largest absolute Gasteiger partial charge is 0.415 e. The summed E-state index contributed by atoms with van der Waals surface area (Å²) in [7, 11) is 0. The number of anilines is 1. The van der Waals surface area contributed by atoms with E-state index < -0.39 is 22.8 Å². The first kappa shape index (κ1) is 22.7. The lowest BCUT2D eigenvalue weighted by atomic mass is 9.97. The summed E-state index contributed by atoms with van der Waals surface area (Å²) in [6, 6.07) is 12.8. The van der Waals surface area contributed by atoms with Crippen molar-refractivity contribution in [1.29, 1.82) is 0 Å². The molecule has 3 amide bonds. The standard InChI is InChI=1S/C22H24N4O6/c1-15-13-17(26(30)31)7-8-19(15)24-21(28)20(27)23-14-16-9-11-25(12-10-16)22(29)32-18-5-3-2-4-6-18/h2-8,13,16H,9-12,14H2,1H3,(H,23,27)(H,24,28). The third-order valence-electron chi connectivity index (χ3n) is 5.25. The molecule has 0 aliphatic carbocycles. The van der Waals surface area contributed by atoms with Crippen molar-refractivity contribution in [1.82, 2.24) is 10.2 Å². The van der Waals surface area contributed by atoms with Crippen molar-refractivity contribution in [2.75, 3.05) is 25.0 Å². The molecular formula is C22H24N4O6. The van der Waals surface area contributed by atoms with E-state index in [1.807, 2.05) is 6.07 Å². The van der Waals surface area contributed by atoms with Gasteiger partial charge >= 0.3 is 17.9 Å². The van der Waals surface area contributed by atoms with Crippen LogP contribution in [0.1, 0.15) is 18.4 Å². The molecule has 0 bridgehead atoms. The number of hydrogen-bond donors (Lipinski definition) is 2. The lowest BCUT2D eigenvalue weighted by molar-refractivity contribution is -0.384. The van der Waals surface area contributed by atoms with Gasteiger partial charge in [0.15, 0.2) is 0 Å². The van der Waals surface area contributed by atoms with Crippen LogP contribution < -0.4 is 15.4 Å². The van der Waals surface area contributed by atoms with Crippen molar-refractivity contribution < 1.29 is 24.0 Å². The van der Waals surface area contributed by atoms with Gasteiger partial charge in [0.25, 0.3) is 5.69 Å². The number of amides is 3. The second-order valence-corrected chi connectivity index (χ2v) is 7.53. The van der Waals surface area contributed by atoms with Crippen LogP contribution in [0, 0.1) is 23.0 Å². The summed E-state index contributed by atoms with van der Waals surface area (Å²) >= 11 is 0. The maximum atomic E-state index is 12.2. The Morgan fingerprint density at radius 2 is 1.78 bits per heavy atom. The second kappa shape index (κ2) is 10.4. The molecule has 168 valence electrons. The van der Waals surface area contributed by atoms with Crippen LogP contribution in [0.15, 0.2) is 48.5 Å². The van der Waals surface area contributed by atoms with Crippen molar-refractivity contribution in [2.45, 2.75) is 19.8 Å². The van der Waals surface area contributed by atoms with E-state index in [-0.39, 0.29) is 11.6 Å². The second-order valence-electron chi connectivity index (χ2n) is 7.53. The van der Waals surface area contributed by atoms with Crippen LogP contribution in [0.4, 0.5) is 16.2 Å². The fourth-order valence-corrected chi connectivity index (χ4v) is 3.37. The fraction of sp³-hybridized carbons (Fsp3) is 0.318. The van der Waals surface area contributed by atoms with E-state index >= 15 is 0 Å². The third kappa shape index (κ3) is 6.03. The number of hydrogen-bond acceptors (Lipinski definition) is 6. The number of nitrogens with zero attached hydrogens (tertiary/aromatic N) is 2. The van der Waals surface area contributed by atoms with Gasteiger partial charge < -0.3 is 20.3 Å². The molecule has 32 heavy (non-hydrogen) atoms. The molecule has 1 saturated heterocycles. The number of aryl methyl sites for hydroxylation is 1. The number of piperidine rings is 1. The molecule has 2 aromatic rings. The molecule has 0 aromatic heterocycles. The van der Waals surface area contributed by atoms with Crippen LogP contribution in [0.3, 0.4) is 0 Å². The Bertz CT molecular complexity index is 1000. The molecule has 2 aromatic carbocycles. The zero-order chi connectivity index (χ0) is 23.1. The zero-order valence-electron chi connectivity index (χ0n) is 17.6. The summed E-state index contributed by atoms with van der Waals surface area (Å²) in [5.41, 5.74) is 0.722. The number of rotatable bonds is 5. The highest BCUT2D eigenvalue weighted by Gasteiger charge is 2.25. The van der Waals surface area contributed by atoms with Crippen LogP contribution in [0.2, 0.25) is 0 Å². The molecule has 0 spiro atoms. The van der Waals surface area contributed by atoms with Crippen LogP contribution in [0.25, 0.3) is 0 Å². The first-order valence-electron chi connectivity index (χ1n) is 10.2. The lowest BCUT2D eigenvalue weighted by Crippen LogP contribution is -2.44. The number of likely N-dealkylation sites (tertiary alicyclic amines) is 1. The van der Waals surface area contributed by atoms with Crippen molar-refractivity contribution in [2.24, 2.45) is 5.92 Å². The number of nitro benzene ring substituents is 1. The van der Waals surface area contributed by atoms with E-state index in [9.17, 15) is 24.5 Å². The van der Waals surface area contributed by atoms with Gasteiger partial charge in [0, 0.05) is 37.5 Å². The number of non-ortho nitro benzene ring substituents is 1. The molecule has 10 nitrogen and oxygen atoms in total. The average molecular weight is 440 g/mol. The SMILES string of the molecule is Cc1cc([N+](=O)[O-])ccc1NC(=O)C(=O)NCC1CCN(C(=O)Oc2ccccc2)CC1. The summed E-state index contributed by atoms with van der Waals surface area (Å²) in [5.74, 6) is -1.01. The molecule has 0 saturated carbocycles. The Balaban J connectivity index is 1.41. The van der Waals surface area contributed by atoms with Gasteiger partial charge in [-0.3, -0.25) is 19.7 Å². The van der Waals surface area contributed by atoms with Crippen LogP contribution >= 0.6 is 0 Å². The highest BCUT2D eigenvalue weighted by Crippen LogP contribution is 2.21. The van der Waals surface area contributed by atoms with Crippen LogP contribution in [0.5, 0.6) is 5.75 Å². The number of para-hydroxylation sites is 1. The van der Waals surface area contributed by atoms with Gasteiger partial charge in [-0.15, -0.1) is 0 Å². The van der Waals surface area contributed by atoms with Gasteiger partial charge in [0.2, 0.25) is 0 Å². The van der Waals surface area contributed by atoms with Gasteiger partial charge in [-0.25, -0.2) is 4.79 Å². The molecule has 0 radical (unpaired) electrons. The first-order valence-corrected chi connectivity index (χ1v) is 10.2.